The van der Waals surface area contributed by atoms with E-state index in [4.69, 9.17) is 9.15 Å². The van der Waals surface area contributed by atoms with Crippen LogP contribution in [0.25, 0.3) is 6.08 Å². The number of carbonyl (C=O) groups excluding carboxylic acids is 2. The van der Waals surface area contributed by atoms with Crippen LogP contribution in [0.5, 0.6) is 0 Å². The Morgan fingerprint density at radius 1 is 1.36 bits per heavy atom. The number of carbonyl (C=O) groups is 2. The van der Waals surface area contributed by atoms with Crippen molar-refractivity contribution >= 4 is 39.6 Å². The van der Waals surface area contributed by atoms with Crippen LogP contribution in [0.1, 0.15) is 11.3 Å². The zero-order chi connectivity index (χ0) is 15.9. The van der Waals surface area contributed by atoms with Gasteiger partial charge in [0.25, 0.3) is 5.91 Å². The molecule has 1 heterocycles. The molecule has 0 aliphatic carbocycles. The highest BCUT2D eigenvalue weighted by atomic mass is 79.9. The number of hydrogen-bond acceptors (Lipinski definition) is 4. The molecule has 0 aliphatic heterocycles. The van der Waals surface area contributed by atoms with E-state index < -0.39 is 11.9 Å². The molecule has 1 N–H and O–H groups in total. The van der Waals surface area contributed by atoms with Gasteiger partial charge in [0, 0.05) is 10.5 Å². The number of halogens is 1. The fraction of sp³-hybridized carbons (Fsp3) is 0.125. The summed E-state index contributed by atoms with van der Waals surface area (Å²) in [6.07, 6.45) is 4.17. The Morgan fingerprint density at radius 3 is 2.86 bits per heavy atom. The number of hydrogen-bond donors (Lipinski definition) is 1. The maximum Gasteiger partial charge on any atom is 0.331 e. The summed E-state index contributed by atoms with van der Waals surface area (Å²) in [4.78, 5) is 23.2. The monoisotopic (exact) mass is 363 g/mol. The van der Waals surface area contributed by atoms with Gasteiger partial charge in [-0.1, -0.05) is 6.07 Å². The molecule has 0 fully saturated rings. The van der Waals surface area contributed by atoms with Crippen LogP contribution in [0, 0.1) is 6.92 Å². The summed E-state index contributed by atoms with van der Waals surface area (Å²) in [7, 11) is 0. The first kappa shape index (κ1) is 16.0. The van der Waals surface area contributed by atoms with Gasteiger partial charge < -0.3 is 14.5 Å². The molecule has 1 amide bonds. The Morgan fingerprint density at radius 2 is 2.18 bits per heavy atom. The van der Waals surface area contributed by atoms with Gasteiger partial charge in [0.15, 0.2) is 6.61 Å². The van der Waals surface area contributed by atoms with Crippen molar-refractivity contribution in [1.82, 2.24) is 0 Å². The zero-order valence-corrected chi connectivity index (χ0v) is 13.4. The standard InChI is InChI=1S/C16H14BrNO4/c1-11-4-6-14(13(17)9-11)18-15(19)10-22-16(20)7-5-12-3-2-8-21-12/h2-9H,10H2,1H3,(H,18,19)/b7-5+. The quantitative estimate of drug-likeness (QED) is 0.651. The molecule has 1 aromatic heterocycles. The lowest BCUT2D eigenvalue weighted by Crippen LogP contribution is -2.20. The molecule has 0 bridgehead atoms. The SMILES string of the molecule is Cc1ccc(NC(=O)COC(=O)/C=C/c2ccco2)c(Br)c1. The van der Waals surface area contributed by atoms with E-state index in [9.17, 15) is 9.59 Å². The van der Waals surface area contributed by atoms with Crippen molar-refractivity contribution in [2.24, 2.45) is 0 Å². The average molecular weight is 364 g/mol. The molecule has 2 rings (SSSR count). The first-order valence-electron chi connectivity index (χ1n) is 6.49. The Bertz CT molecular complexity index is 692. The molecule has 0 saturated carbocycles. The molecule has 0 unspecified atom stereocenters. The van der Waals surface area contributed by atoms with Crippen LogP contribution in [-0.4, -0.2) is 18.5 Å². The molecule has 0 radical (unpaired) electrons. The van der Waals surface area contributed by atoms with Gasteiger partial charge in [0.2, 0.25) is 0 Å². The molecule has 1 aromatic carbocycles. The maximum absolute atomic E-state index is 11.7. The van der Waals surface area contributed by atoms with Crippen molar-refractivity contribution in [3.8, 4) is 0 Å². The van der Waals surface area contributed by atoms with E-state index in [-0.39, 0.29) is 6.61 Å². The highest BCUT2D eigenvalue weighted by molar-refractivity contribution is 9.10. The number of ether oxygens (including phenoxy) is 1. The van der Waals surface area contributed by atoms with Crippen LogP contribution >= 0.6 is 15.9 Å². The smallest absolute Gasteiger partial charge is 0.331 e. The lowest BCUT2D eigenvalue weighted by Gasteiger charge is -2.08. The maximum atomic E-state index is 11.7. The summed E-state index contributed by atoms with van der Waals surface area (Å²) in [6.45, 7) is 1.59. The highest BCUT2D eigenvalue weighted by Crippen LogP contribution is 2.23. The van der Waals surface area contributed by atoms with Crippen LogP contribution in [-0.2, 0) is 14.3 Å². The normalized spacial score (nSPS) is 10.6. The van der Waals surface area contributed by atoms with Crippen LogP contribution < -0.4 is 5.32 Å². The zero-order valence-electron chi connectivity index (χ0n) is 11.8. The molecule has 2 aromatic rings. The summed E-state index contributed by atoms with van der Waals surface area (Å²) in [5.74, 6) is -0.496. The van der Waals surface area contributed by atoms with Crippen molar-refractivity contribution in [3.63, 3.8) is 0 Å². The van der Waals surface area contributed by atoms with Crippen LogP contribution in [0.3, 0.4) is 0 Å². The molecule has 5 nitrogen and oxygen atoms in total. The summed E-state index contributed by atoms with van der Waals surface area (Å²) >= 11 is 3.36. The third kappa shape index (κ3) is 4.89. The predicted molar refractivity (Wildman–Crippen MR) is 86.2 cm³/mol. The Kier molecular flexibility index (Phi) is 5.55. The number of amides is 1. The molecule has 0 saturated heterocycles. The van der Waals surface area contributed by atoms with E-state index in [0.29, 0.717) is 11.4 Å². The number of benzene rings is 1. The number of furan rings is 1. The van der Waals surface area contributed by atoms with Gasteiger partial charge in [0.1, 0.15) is 5.76 Å². The average Bonchev–Trinajstić information content (AvgIpc) is 2.99. The second-order valence-corrected chi connectivity index (χ2v) is 5.34. The summed E-state index contributed by atoms with van der Waals surface area (Å²) in [5.41, 5.74) is 1.69. The van der Waals surface area contributed by atoms with Crippen molar-refractivity contribution in [2.45, 2.75) is 6.92 Å². The molecule has 6 heteroatoms. The summed E-state index contributed by atoms with van der Waals surface area (Å²) in [5, 5.41) is 2.66. The predicted octanol–water partition coefficient (Wildman–Crippen LogP) is 3.55. The molecular formula is C16H14BrNO4. The largest absolute Gasteiger partial charge is 0.465 e. The topological polar surface area (TPSA) is 68.5 Å². The fourth-order valence-corrected chi connectivity index (χ4v) is 2.22. The van der Waals surface area contributed by atoms with Gasteiger partial charge >= 0.3 is 5.97 Å². The number of anilines is 1. The Balaban J connectivity index is 1.81. The number of rotatable bonds is 5. The second kappa shape index (κ2) is 7.61. The van der Waals surface area contributed by atoms with E-state index in [0.717, 1.165) is 10.0 Å². The summed E-state index contributed by atoms with van der Waals surface area (Å²) in [6, 6.07) is 8.94. The minimum Gasteiger partial charge on any atom is -0.465 e. The van der Waals surface area contributed by atoms with Gasteiger partial charge in [-0.25, -0.2) is 4.79 Å². The molecule has 0 spiro atoms. The second-order valence-electron chi connectivity index (χ2n) is 4.49. The fourth-order valence-electron chi connectivity index (χ4n) is 1.63. The molecule has 114 valence electrons. The molecule has 22 heavy (non-hydrogen) atoms. The van der Waals surface area contributed by atoms with E-state index >= 15 is 0 Å². The van der Waals surface area contributed by atoms with Gasteiger partial charge in [-0.2, -0.15) is 0 Å². The lowest BCUT2D eigenvalue weighted by atomic mass is 10.2. The lowest BCUT2D eigenvalue weighted by molar-refractivity contribution is -0.142. The van der Waals surface area contributed by atoms with Crippen LogP contribution in [0.2, 0.25) is 0 Å². The minimum atomic E-state index is -0.616. The van der Waals surface area contributed by atoms with Crippen LogP contribution in [0.4, 0.5) is 5.69 Å². The first-order chi connectivity index (χ1) is 10.5. The molecule has 0 aliphatic rings. The third-order valence-corrected chi connectivity index (χ3v) is 3.33. The Labute approximate surface area is 136 Å². The van der Waals surface area contributed by atoms with Crippen LogP contribution in [0.15, 0.2) is 51.6 Å². The Hall–Kier alpha value is -2.34. The molecule has 0 atom stereocenters. The number of aryl methyl sites for hydroxylation is 1. The van der Waals surface area contributed by atoms with E-state index in [1.165, 1.54) is 18.4 Å². The minimum absolute atomic E-state index is 0.359. The number of esters is 1. The van der Waals surface area contributed by atoms with Crippen molar-refractivity contribution in [2.75, 3.05) is 11.9 Å². The van der Waals surface area contributed by atoms with Gasteiger partial charge in [0.05, 0.1) is 12.0 Å². The number of nitrogens with one attached hydrogen (secondary N) is 1. The summed E-state index contributed by atoms with van der Waals surface area (Å²) < 4.78 is 10.6. The van der Waals surface area contributed by atoms with E-state index in [1.54, 1.807) is 18.2 Å². The van der Waals surface area contributed by atoms with Crippen molar-refractivity contribution in [1.29, 1.82) is 0 Å². The van der Waals surface area contributed by atoms with Crippen molar-refractivity contribution < 1.29 is 18.7 Å². The van der Waals surface area contributed by atoms with Crippen molar-refractivity contribution in [3.05, 3.63) is 58.5 Å². The highest BCUT2D eigenvalue weighted by Gasteiger charge is 2.08. The first-order valence-corrected chi connectivity index (χ1v) is 7.28. The van der Waals surface area contributed by atoms with E-state index in [2.05, 4.69) is 21.2 Å². The van der Waals surface area contributed by atoms with Gasteiger partial charge in [-0.3, -0.25) is 4.79 Å². The van der Waals surface area contributed by atoms with E-state index in [1.807, 2.05) is 19.1 Å². The molecular weight excluding hydrogens is 350 g/mol. The third-order valence-electron chi connectivity index (χ3n) is 2.67. The van der Waals surface area contributed by atoms with Gasteiger partial charge in [-0.15, -0.1) is 0 Å². The van der Waals surface area contributed by atoms with Gasteiger partial charge in [-0.05, 0) is 58.8 Å².